The summed E-state index contributed by atoms with van der Waals surface area (Å²) < 4.78 is 1.03. The Hall–Kier alpha value is -2.45. The minimum atomic E-state index is -0.935. The van der Waals surface area contributed by atoms with Gasteiger partial charge in [-0.2, -0.15) is 0 Å². The van der Waals surface area contributed by atoms with Crippen molar-refractivity contribution in [1.82, 2.24) is 10.6 Å². The molecule has 9 heteroatoms. The van der Waals surface area contributed by atoms with Crippen molar-refractivity contribution in [2.45, 2.75) is 12.6 Å². The highest BCUT2D eigenvalue weighted by molar-refractivity contribution is 9.10. The molecule has 5 nitrogen and oxygen atoms in total. The van der Waals surface area contributed by atoms with Crippen LogP contribution in [0.25, 0.3) is 0 Å². The molecular formula is C25H21BrCl2N4OS. The molecule has 1 unspecified atom stereocenters. The van der Waals surface area contributed by atoms with Gasteiger partial charge in [-0.1, -0.05) is 69.5 Å². The van der Waals surface area contributed by atoms with Crippen molar-refractivity contribution in [2.75, 3.05) is 18.5 Å². The molecule has 0 fully saturated rings. The maximum absolute atomic E-state index is 13.3. The first-order chi connectivity index (χ1) is 16.3. The van der Waals surface area contributed by atoms with Gasteiger partial charge in [-0.05, 0) is 60.6 Å². The molecule has 174 valence electrons. The Balaban J connectivity index is 1.59. The first-order valence-corrected chi connectivity index (χ1v) is 12.5. The molecule has 2 N–H and O–H groups in total. The highest BCUT2D eigenvalue weighted by Crippen LogP contribution is 2.31. The van der Waals surface area contributed by atoms with Crippen LogP contribution in [0.5, 0.6) is 0 Å². The van der Waals surface area contributed by atoms with Crippen LogP contribution in [-0.2, 0) is 11.2 Å². The van der Waals surface area contributed by atoms with Crippen LogP contribution in [0.4, 0.5) is 5.69 Å². The number of carbonyl (C=O) groups excluding carboxylic acids is 1. The summed E-state index contributed by atoms with van der Waals surface area (Å²) in [6.45, 7) is 0.612. The second kappa shape index (κ2) is 10.9. The molecule has 0 saturated carbocycles. The SMILES string of the molecule is CN1C(=O)C(NC(=S)NCCc2ccc(Br)cc2)N=C(c2ccccc2Cl)c2cc(Cl)ccc21. The minimum Gasteiger partial charge on any atom is -0.362 e. The van der Waals surface area contributed by atoms with Gasteiger partial charge in [0.1, 0.15) is 0 Å². The fraction of sp³-hybridized carbons (Fsp3) is 0.160. The minimum absolute atomic E-state index is 0.248. The number of hydrogen-bond donors (Lipinski definition) is 2. The van der Waals surface area contributed by atoms with Crippen molar-refractivity contribution in [3.8, 4) is 0 Å². The Morgan fingerprint density at radius 3 is 2.56 bits per heavy atom. The topological polar surface area (TPSA) is 56.7 Å². The molecule has 3 aromatic carbocycles. The largest absolute Gasteiger partial charge is 0.362 e. The molecule has 1 heterocycles. The molecule has 4 rings (SSSR count). The summed E-state index contributed by atoms with van der Waals surface area (Å²) in [7, 11) is 1.71. The second-order valence-corrected chi connectivity index (χ2v) is 9.86. The van der Waals surface area contributed by atoms with Gasteiger partial charge in [-0.3, -0.25) is 4.79 Å². The molecule has 0 aromatic heterocycles. The number of hydrogen-bond acceptors (Lipinski definition) is 3. The van der Waals surface area contributed by atoms with E-state index in [-0.39, 0.29) is 5.91 Å². The highest BCUT2D eigenvalue weighted by Gasteiger charge is 2.31. The molecular weight excluding hydrogens is 555 g/mol. The average molecular weight is 576 g/mol. The summed E-state index contributed by atoms with van der Waals surface area (Å²) in [5.74, 6) is -0.248. The van der Waals surface area contributed by atoms with Gasteiger partial charge in [0.25, 0.3) is 5.91 Å². The van der Waals surface area contributed by atoms with E-state index in [1.165, 1.54) is 5.56 Å². The Bertz CT molecular complexity index is 1270. The van der Waals surface area contributed by atoms with Gasteiger partial charge in [-0.25, -0.2) is 4.99 Å². The number of halogens is 3. The van der Waals surface area contributed by atoms with Crippen molar-refractivity contribution < 1.29 is 4.79 Å². The number of aliphatic imine (C=N–C) groups is 1. The molecule has 3 aromatic rings. The van der Waals surface area contributed by atoms with Gasteiger partial charge >= 0.3 is 0 Å². The van der Waals surface area contributed by atoms with Crippen LogP contribution in [-0.4, -0.2) is 36.5 Å². The molecule has 1 atom stereocenters. The predicted molar refractivity (Wildman–Crippen MR) is 147 cm³/mol. The Labute approximate surface area is 222 Å². The van der Waals surface area contributed by atoms with Crippen molar-refractivity contribution in [3.05, 3.63) is 97.9 Å². The predicted octanol–water partition coefficient (Wildman–Crippen LogP) is 5.60. The van der Waals surface area contributed by atoms with Crippen molar-refractivity contribution in [2.24, 2.45) is 4.99 Å². The van der Waals surface area contributed by atoms with E-state index in [0.717, 1.165) is 16.5 Å². The molecule has 0 saturated heterocycles. The zero-order valence-electron chi connectivity index (χ0n) is 18.2. The lowest BCUT2D eigenvalue weighted by Crippen LogP contribution is -2.49. The first-order valence-electron chi connectivity index (χ1n) is 10.5. The maximum Gasteiger partial charge on any atom is 0.272 e. The Morgan fingerprint density at radius 2 is 1.82 bits per heavy atom. The van der Waals surface area contributed by atoms with Crippen LogP contribution in [0.2, 0.25) is 10.0 Å². The van der Waals surface area contributed by atoms with E-state index in [9.17, 15) is 4.79 Å². The zero-order chi connectivity index (χ0) is 24.2. The van der Waals surface area contributed by atoms with Gasteiger partial charge < -0.3 is 15.5 Å². The van der Waals surface area contributed by atoms with E-state index in [1.807, 2.05) is 30.3 Å². The number of fused-ring (bicyclic) bond motifs is 1. The molecule has 1 aliphatic heterocycles. The lowest BCUT2D eigenvalue weighted by molar-refractivity contribution is -0.119. The summed E-state index contributed by atoms with van der Waals surface area (Å²) in [5, 5.41) is 7.63. The number of nitrogens with zero attached hydrogens (tertiary/aromatic N) is 2. The summed E-state index contributed by atoms with van der Waals surface area (Å²) in [6.07, 6.45) is -0.152. The van der Waals surface area contributed by atoms with E-state index < -0.39 is 6.17 Å². The monoisotopic (exact) mass is 574 g/mol. The van der Waals surface area contributed by atoms with Crippen LogP contribution >= 0.6 is 51.3 Å². The normalized spacial score (nSPS) is 15.3. The number of nitrogens with one attached hydrogen (secondary N) is 2. The number of benzodiazepines with no additional fused rings is 1. The van der Waals surface area contributed by atoms with Gasteiger partial charge in [0.2, 0.25) is 6.17 Å². The number of carbonyl (C=O) groups is 1. The lowest BCUT2D eigenvalue weighted by Gasteiger charge is -2.22. The van der Waals surface area contributed by atoms with Crippen LogP contribution in [0.1, 0.15) is 16.7 Å². The third-order valence-corrected chi connectivity index (χ3v) is 6.76. The van der Waals surface area contributed by atoms with E-state index in [4.69, 9.17) is 40.4 Å². The van der Waals surface area contributed by atoms with Gasteiger partial charge in [0.15, 0.2) is 5.11 Å². The van der Waals surface area contributed by atoms with E-state index in [2.05, 4.69) is 38.7 Å². The smallest absolute Gasteiger partial charge is 0.272 e. The van der Waals surface area contributed by atoms with Gasteiger partial charge in [0.05, 0.1) is 11.4 Å². The number of likely N-dealkylation sites (N-methyl/N-ethyl adjacent to an activating group) is 1. The second-order valence-electron chi connectivity index (χ2n) is 7.70. The van der Waals surface area contributed by atoms with E-state index in [1.54, 1.807) is 36.2 Å². The Morgan fingerprint density at radius 1 is 1.09 bits per heavy atom. The molecule has 0 bridgehead atoms. The number of benzene rings is 3. The fourth-order valence-corrected chi connectivity index (χ4v) is 4.53. The number of anilines is 1. The molecule has 1 amide bonds. The summed E-state index contributed by atoms with van der Waals surface area (Å²) in [4.78, 5) is 19.6. The third-order valence-electron chi connectivity index (χ3n) is 5.41. The molecule has 0 aliphatic carbocycles. The van der Waals surface area contributed by atoms with Crippen molar-refractivity contribution >= 4 is 73.8 Å². The van der Waals surface area contributed by atoms with Gasteiger partial charge in [0, 0.05) is 39.2 Å². The van der Waals surface area contributed by atoms with Crippen LogP contribution < -0.4 is 15.5 Å². The average Bonchev–Trinajstić information content (AvgIpc) is 2.91. The zero-order valence-corrected chi connectivity index (χ0v) is 22.1. The Kier molecular flexibility index (Phi) is 7.88. The molecule has 0 radical (unpaired) electrons. The quantitative estimate of drug-likeness (QED) is 0.389. The number of rotatable bonds is 5. The lowest BCUT2D eigenvalue weighted by atomic mass is 10.00. The molecule has 34 heavy (non-hydrogen) atoms. The van der Waals surface area contributed by atoms with Crippen LogP contribution in [0.15, 0.2) is 76.2 Å². The number of thiocarbonyl (C=S) groups is 1. The number of amides is 1. The van der Waals surface area contributed by atoms with Gasteiger partial charge in [-0.15, -0.1) is 0 Å². The summed E-state index contributed by atoms with van der Waals surface area (Å²) in [5.41, 5.74) is 3.85. The van der Waals surface area contributed by atoms with E-state index in [0.29, 0.717) is 38.7 Å². The maximum atomic E-state index is 13.3. The molecule has 0 spiro atoms. The van der Waals surface area contributed by atoms with Crippen molar-refractivity contribution in [3.63, 3.8) is 0 Å². The summed E-state index contributed by atoms with van der Waals surface area (Å²) in [6, 6.07) is 20.8. The first kappa shape index (κ1) is 24.7. The van der Waals surface area contributed by atoms with Crippen LogP contribution in [0, 0.1) is 0 Å². The summed E-state index contributed by atoms with van der Waals surface area (Å²) >= 11 is 21.7. The highest BCUT2D eigenvalue weighted by atomic mass is 79.9. The van der Waals surface area contributed by atoms with E-state index >= 15 is 0 Å². The van der Waals surface area contributed by atoms with Crippen molar-refractivity contribution in [1.29, 1.82) is 0 Å². The fourth-order valence-electron chi connectivity index (χ4n) is 3.65. The van der Waals surface area contributed by atoms with Crippen LogP contribution in [0.3, 0.4) is 0 Å². The standard InChI is InChI=1S/C25H21BrCl2N4OS/c1-32-21-11-10-17(27)14-19(21)22(18-4-2-3-5-20(18)28)30-23(24(32)33)31-25(34)29-13-12-15-6-8-16(26)9-7-15/h2-11,14,23H,12-13H2,1H3,(H2,29,31,34). The molecule has 1 aliphatic rings. The third kappa shape index (κ3) is 5.61.